The highest BCUT2D eigenvalue weighted by atomic mass is 16.5. The average Bonchev–Trinajstić information content (AvgIpc) is 2.04. The van der Waals surface area contributed by atoms with Gasteiger partial charge in [0.1, 0.15) is 0 Å². The molecule has 0 bridgehead atoms. The molecule has 1 aliphatic rings. The third-order valence-corrected chi connectivity index (χ3v) is 2.63. The molecule has 2 atom stereocenters. The lowest BCUT2D eigenvalue weighted by atomic mass is 10.0. The van der Waals surface area contributed by atoms with Crippen LogP contribution < -0.4 is 0 Å². The molecule has 1 rings (SSSR count). The molecule has 2 unspecified atom stereocenters. The van der Waals surface area contributed by atoms with Crippen LogP contribution in [0.5, 0.6) is 0 Å². The Kier molecular flexibility index (Phi) is 3.50. The van der Waals surface area contributed by atoms with Crippen molar-refractivity contribution in [1.82, 2.24) is 4.90 Å². The monoisotopic (exact) mass is 173 g/mol. The number of hydrogen-bond donors (Lipinski definition) is 1. The number of likely N-dealkylation sites (N-methyl/N-ethyl adjacent to an activating group) is 1. The van der Waals surface area contributed by atoms with Gasteiger partial charge in [-0.3, -0.25) is 4.90 Å². The van der Waals surface area contributed by atoms with Gasteiger partial charge >= 0.3 is 0 Å². The molecule has 1 saturated heterocycles. The average molecular weight is 173 g/mol. The summed E-state index contributed by atoms with van der Waals surface area (Å²) in [6, 6.07) is 0.644. The number of hydrogen-bond acceptors (Lipinski definition) is 3. The summed E-state index contributed by atoms with van der Waals surface area (Å²) in [6.07, 6.45) is 0.549. The van der Waals surface area contributed by atoms with Crippen molar-refractivity contribution in [3.05, 3.63) is 0 Å². The van der Waals surface area contributed by atoms with Crippen molar-refractivity contribution in [2.24, 2.45) is 0 Å². The van der Waals surface area contributed by atoms with Crippen LogP contribution in [0.2, 0.25) is 0 Å². The number of rotatable bonds is 2. The van der Waals surface area contributed by atoms with E-state index in [1.165, 1.54) is 0 Å². The molecule has 1 fully saturated rings. The highest BCUT2D eigenvalue weighted by molar-refractivity contribution is 4.81. The molecule has 0 aromatic heterocycles. The zero-order valence-corrected chi connectivity index (χ0v) is 8.16. The van der Waals surface area contributed by atoms with Crippen LogP contribution in [0.1, 0.15) is 20.3 Å². The van der Waals surface area contributed by atoms with Crippen molar-refractivity contribution in [3.63, 3.8) is 0 Å². The van der Waals surface area contributed by atoms with Gasteiger partial charge in [0.2, 0.25) is 0 Å². The first-order valence-corrected chi connectivity index (χ1v) is 4.60. The summed E-state index contributed by atoms with van der Waals surface area (Å²) in [6.45, 7) is 5.61. The molecule has 0 saturated carbocycles. The Labute approximate surface area is 74.3 Å². The fraction of sp³-hybridized carbons (Fsp3) is 1.00. The SMILES string of the molecule is CC(C)N(C)C1COCCC1O. The number of nitrogens with zero attached hydrogens (tertiary/aromatic N) is 1. The molecule has 3 nitrogen and oxygen atoms in total. The lowest BCUT2D eigenvalue weighted by Crippen LogP contribution is -2.50. The molecule has 0 amide bonds. The minimum absolute atomic E-state index is 0.179. The van der Waals surface area contributed by atoms with Gasteiger partial charge in [0.15, 0.2) is 0 Å². The molecule has 3 heteroatoms. The van der Waals surface area contributed by atoms with Gasteiger partial charge in [0.25, 0.3) is 0 Å². The second-order valence-electron chi connectivity index (χ2n) is 3.76. The van der Waals surface area contributed by atoms with Gasteiger partial charge in [0, 0.05) is 12.6 Å². The van der Waals surface area contributed by atoms with Gasteiger partial charge in [0.05, 0.1) is 18.8 Å². The first kappa shape index (κ1) is 9.96. The van der Waals surface area contributed by atoms with E-state index < -0.39 is 0 Å². The number of aliphatic hydroxyl groups excluding tert-OH is 1. The Hall–Kier alpha value is -0.120. The maximum absolute atomic E-state index is 9.67. The predicted octanol–water partition coefficient (Wildman–Crippen LogP) is 0.476. The van der Waals surface area contributed by atoms with Gasteiger partial charge < -0.3 is 9.84 Å². The maximum atomic E-state index is 9.67. The van der Waals surface area contributed by atoms with E-state index in [2.05, 4.69) is 18.7 Å². The van der Waals surface area contributed by atoms with Crippen LogP contribution in [0.25, 0.3) is 0 Å². The standard InChI is InChI=1S/C9H19NO2/c1-7(2)10(3)8-6-12-5-4-9(8)11/h7-9,11H,4-6H2,1-3H3. The number of aliphatic hydroxyl groups is 1. The first-order chi connectivity index (χ1) is 5.63. The van der Waals surface area contributed by atoms with Gasteiger partial charge in [-0.15, -0.1) is 0 Å². The second-order valence-corrected chi connectivity index (χ2v) is 3.76. The van der Waals surface area contributed by atoms with E-state index in [9.17, 15) is 5.11 Å². The fourth-order valence-electron chi connectivity index (χ4n) is 1.48. The largest absolute Gasteiger partial charge is 0.391 e. The molecule has 1 N–H and O–H groups in total. The second kappa shape index (κ2) is 4.21. The van der Waals surface area contributed by atoms with E-state index in [4.69, 9.17) is 4.74 Å². The van der Waals surface area contributed by atoms with Crippen molar-refractivity contribution in [1.29, 1.82) is 0 Å². The van der Waals surface area contributed by atoms with Gasteiger partial charge in [-0.1, -0.05) is 0 Å². The molecule has 0 aliphatic carbocycles. The lowest BCUT2D eigenvalue weighted by Gasteiger charge is -2.37. The van der Waals surface area contributed by atoms with E-state index in [1.54, 1.807) is 0 Å². The van der Waals surface area contributed by atoms with Crippen molar-refractivity contribution in [2.45, 2.75) is 38.5 Å². The molecule has 1 aliphatic heterocycles. The van der Waals surface area contributed by atoms with Crippen LogP contribution in [-0.2, 0) is 4.74 Å². The first-order valence-electron chi connectivity index (χ1n) is 4.60. The smallest absolute Gasteiger partial charge is 0.0739 e. The Morgan fingerprint density at radius 1 is 1.50 bits per heavy atom. The van der Waals surface area contributed by atoms with E-state index in [0.717, 1.165) is 6.42 Å². The van der Waals surface area contributed by atoms with Crippen LogP contribution in [0.3, 0.4) is 0 Å². The Bertz CT molecular complexity index is 138. The summed E-state index contributed by atoms with van der Waals surface area (Å²) in [5.74, 6) is 0. The zero-order valence-electron chi connectivity index (χ0n) is 8.16. The van der Waals surface area contributed by atoms with Crippen LogP contribution in [0.4, 0.5) is 0 Å². The predicted molar refractivity (Wildman–Crippen MR) is 48.1 cm³/mol. The van der Waals surface area contributed by atoms with Crippen LogP contribution in [-0.4, -0.2) is 48.5 Å². The normalized spacial score (nSPS) is 31.5. The number of ether oxygens (including phenoxy) is 1. The van der Waals surface area contributed by atoms with E-state index in [-0.39, 0.29) is 12.1 Å². The van der Waals surface area contributed by atoms with Gasteiger partial charge in [-0.05, 0) is 27.3 Å². The van der Waals surface area contributed by atoms with Crippen LogP contribution >= 0.6 is 0 Å². The summed E-state index contributed by atoms with van der Waals surface area (Å²) in [5.41, 5.74) is 0. The van der Waals surface area contributed by atoms with Crippen LogP contribution in [0.15, 0.2) is 0 Å². The summed E-state index contributed by atoms with van der Waals surface area (Å²) in [4.78, 5) is 2.17. The molecule has 1 heterocycles. The zero-order chi connectivity index (χ0) is 9.14. The highest BCUT2D eigenvalue weighted by Crippen LogP contribution is 2.14. The third kappa shape index (κ3) is 2.19. The molecule has 0 radical (unpaired) electrons. The molecular formula is C9H19NO2. The van der Waals surface area contributed by atoms with E-state index >= 15 is 0 Å². The van der Waals surface area contributed by atoms with E-state index in [0.29, 0.717) is 19.3 Å². The van der Waals surface area contributed by atoms with Crippen molar-refractivity contribution < 1.29 is 9.84 Å². The Balaban J connectivity index is 2.47. The topological polar surface area (TPSA) is 32.7 Å². The summed E-state index contributed by atoms with van der Waals surface area (Å²) < 4.78 is 5.32. The Morgan fingerprint density at radius 2 is 2.17 bits per heavy atom. The summed E-state index contributed by atoms with van der Waals surface area (Å²) >= 11 is 0. The highest BCUT2D eigenvalue weighted by Gasteiger charge is 2.28. The maximum Gasteiger partial charge on any atom is 0.0739 e. The molecule has 12 heavy (non-hydrogen) atoms. The molecule has 72 valence electrons. The van der Waals surface area contributed by atoms with Gasteiger partial charge in [-0.25, -0.2) is 0 Å². The van der Waals surface area contributed by atoms with Crippen molar-refractivity contribution in [3.8, 4) is 0 Å². The van der Waals surface area contributed by atoms with Crippen molar-refractivity contribution >= 4 is 0 Å². The summed E-state index contributed by atoms with van der Waals surface area (Å²) in [5, 5.41) is 9.67. The third-order valence-electron chi connectivity index (χ3n) is 2.63. The fourth-order valence-corrected chi connectivity index (χ4v) is 1.48. The molecule has 0 aromatic carbocycles. The lowest BCUT2D eigenvalue weighted by molar-refractivity contribution is -0.0616. The Morgan fingerprint density at radius 3 is 2.67 bits per heavy atom. The van der Waals surface area contributed by atoms with Crippen LogP contribution in [0, 0.1) is 0 Å². The molecule has 0 aromatic rings. The van der Waals surface area contributed by atoms with Gasteiger partial charge in [-0.2, -0.15) is 0 Å². The molecule has 0 spiro atoms. The minimum Gasteiger partial charge on any atom is -0.391 e. The van der Waals surface area contributed by atoms with Crippen molar-refractivity contribution in [2.75, 3.05) is 20.3 Å². The summed E-state index contributed by atoms with van der Waals surface area (Å²) in [7, 11) is 2.03. The molecular weight excluding hydrogens is 154 g/mol. The van der Waals surface area contributed by atoms with E-state index in [1.807, 2.05) is 7.05 Å². The quantitative estimate of drug-likeness (QED) is 0.659. The minimum atomic E-state index is -0.217.